The molecule has 4 rings (SSSR count). The highest BCUT2D eigenvalue weighted by molar-refractivity contribution is 7.92. The molecular formula is C23H21NO4S. The zero-order valence-electron chi connectivity index (χ0n) is 16.2. The molecule has 5 nitrogen and oxygen atoms in total. The summed E-state index contributed by atoms with van der Waals surface area (Å²) in [5.41, 5.74) is 5.47. The van der Waals surface area contributed by atoms with E-state index < -0.39 is 10.0 Å². The summed E-state index contributed by atoms with van der Waals surface area (Å²) in [6, 6.07) is 21.2. The third kappa shape index (κ3) is 4.27. The Labute approximate surface area is 170 Å². The highest BCUT2D eigenvalue weighted by atomic mass is 32.2. The first-order chi connectivity index (χ1) is 13.9. The lowest BCUT2D eigenvalue weighted by Gasteiger charge is -2.12. The van der Waals surface area contributed by atoms with E-state index in [4.69, 9.17) is 9.47 Å². The van der Waals surface area contributed by atoms with Crippen LogP contribution in [-0.4, -0.2) is 21.8 Å². The Kier molecular flexibility index (Phi) is 5.03. The summed E-state index contributed by atoms with van der Waals surface area (Å²) >= 11 is 0. The molecule has 0 bridgehead atoms. The van der Waals surface area contributed by atoms with Crippen LogP contribution >= 0.6 is 0 Å². The lowest BCUT2D eigenvalue weighted by molar-refractivity contribution is 0.306. The molecule has 0 aromatic heterocycles. The molecule has 0 aliphatic carbocycles. The monoisotopic (exact) mass is 407 g/mol. The molecule has 0 spiro atoms. The fourth-order valence-corrected chi connectivity index (χ4v) is 3.98. The number of nitrogens with one attached hydrogen (secondary N) is 1. The first kappa shape index (κ1) is 19.1. The van der Waals surface area contributed by atoms with E-state index in [0.717, 1.165) is 45.6 Å². The van der Waals surface area contributed by atoms with E-state index in [-0.39, 0.29) is 0 Å². The Morgan fingerprint density at radius 1 is 1.00 bits per heavy atom. The Morgan fingerprint density at radius 3 is 2.62 bits per heavy atom. The van der Waals surface area contributed by atoms with Crippen molar-refractivity contribution in [3.63, 3.8) is 0 Å². The van der Waals surface area contributed by atoms with Gasteiger partial charge in [-0.05, 0) is 53.1 Å². The van der Waals surface area contributed by atoms with Crippen LogP contribution in [-0.2, 0) is 16.6 Å². The number of ether oxygens (including phenoxy) is 2. The molecule has 148 valence electrons. The molecular weight excluding hydrogens is 386 g/mol. The van der Waals surface area contributed by atoms with Crippen LogP contribution in [0.15, 0.2) is 66.7 Å². The number of methoxy groups -OCH3 is 1. The molecule has 0 atom stereocenters. The largest absolute Gasteiger partial charge is 0.497 e. The molecule has 0 fully saturated rings. The van der Waals surface area contributed by atoms with Gasteiger partial charge < -0.3 is 9.47 Å². The lowest BCUT2D eigenvalue weighted by Crippen LogP contribution is -2.09. The molecule has 0 saturated heterocycles. The van der Waals surface area contributed by atoms with Gasteiger partial charge in [0.1, 0.15) is 18.1 Å². The van der Waals surface area contributed by atoms with Gasteiger partial charge in [-0.3, -0.25) is 4.72 Å². The van der Waals surface area contributed by atoms with Crippen molar-refractivity contribution < 1.29 is 17.9 Å². The van der Waals surface area contributed by atoms with Crippen LogP contribution in [0.25, 0.3) is 11.6 Å². The normalized spacial score (nSPS) is 14.3. The van der Waals surface area contributed by atoms with E-state index >= 15 is 0 Å². The number of para-hydroxylation sites is 1. The summed E-state index contributed by atoms with van der Waals surface area (Å²) in [7, 11) is -1.70. The second-order valence-electron chi connectivity index (χ2n) is 6.87. The number of benzene rings is 3. The molecule has 3 aromatic rings. The molecule has 0 saturated carbocycles. The van der Waals surface area contributed by atoms with Crippen LogP contribution < -0.4 is 14.2 Å². The van der Waals surface area contributed by atoms with E-state index in [1.54, 1.807) is 13.2 Å². The van der Waals surface area contributed by atoms with Crippen LogP contribution in [0.3, 0.4) is 0 Å². The van der Waals surface area contributed by atoms with Gasteiger partial charge in [0, 0.05) is 16.8 Å². The third-order valence-electron chi connectivity index (χ3n) is 4.66. The number of sulfonamides is 1. The van der Waals surface area contributed by atoms with Gasteiger partial charge in [-0.25, -0.2) is 8.42 Å². The summed E-state index contributed by atoms with van der Waals surface area (Å²) in [5.74, 6) is 1.58. The molecule has 1 N–H and O–H groups in total. The van der Waals surface area contributed by atoms with E-state index in [9.17, 15) is 8.42 Å². The van der Waals surface area contributed by atoms with Gasteiger partial charge in [0.25, 0.3) is 0 Å². The molecule has 0 amide bonds. The van der Waals surface area contributed by atoms with Crippen molar-refractivity contribution in [2.24, 2.45) is 0 Å². The molecule has 1 aliphatic heterocycles. The first-order valence-corrected chi connectivity index (χ1v) is 11.0. The van der Waals surface area contributed by atoms with Crippen LogP contribution in [0.4, 0.5) is 5.69 Å². The van der Waals surface area contributed by atoms with E-state index in [1.807, 2.05) is 66.7 Å². The standard InChI is InChI=1S/C23H21NO4S/c1-27-19-10-11-20-17(14-19)15-28-23-9-4-3-8-21(23)22(20)13-16-6-5-7-18(12-16)24-29(2,25)26/h3-14,24H,15H2,1-2H3/b22-13-. The molecule has 1 aliphatic rings. The van der Waals surface area contributed by atoms with Crippen molar-refractivity contribution in [2.45, 2.75) is 6.61 Å². The minimum Gasteiger partial charge on any atom is -0.497 e. The Balaban J connectivity index is 1.87. The van der Waals surface area contributed by atoms with Crippen molar-refractivity contribution in [2.75, 3.05) is 18.1 Å². The lowest BCUT2D eigenvalue weighted by atomic mass is 9.92. The number of hydrogen-bond donors (Lipinski definition) is 1. The number of anilines is 1. The molecule has 0 radical (unpaired) electrons. The molecule has 29 heavy (non-hydrogen) atoms. The number of fused-ring (bicyclic) bond motifs is 2. The maximum Gasteiger partial charge on any atom is 0.229 e. The summed E-state index contributed by atoms with van der Waals surface area (Å²) in [6.45, 7) is 0.441. The predicted octanol–water partition coefficient (Wildman–Crippen LogP) is 4.55. The molecule has 0 unspecified atom stereocenters. The maximum absolute atomic E-state index is 11.6. The average molecular weight is 407 g/mol. The van der Waals surface area contributed by atoms with Gasteiger partial charge in [-0.1, -0.05) is 36.4 Å². The molecule has 1 heterocycles. The SMILES string of the molecule is COc1ccc2c(c1)COc1ccccc1/C2=C\c1cccc(NS(C)(=O)=O)c1. The average Bonchev–Trinajstić information content (AvgIpc) is 2.84. The Bertz CT molecular complexity index is 1200. The minimum absolute atomic E-state index is 0.441. The number of rotatable bonds is 4. The third-order valence-corrected chi connectivity index (χ3v) is 5.27. The summed E-state index contributed by atoms with van der Waals surface area (Å²) in [4.78, 5) is 0. The van der Waals surface area contributed by atoms with Gasteiger partial charge in [-0.15, -0.1) is 0 Å². The maximum atomic E-state index is 11.6. The summed E-state index contributed by atoms with van der Waals surface area (Å²) in [5, 5.41) is 0. The first-order valence-electron chi connectivity index (χ1n) is 9.12. The Hall–Kier alpha value is -3.25. The molecule has 3 aromatic carbocycles. The highest BCUT2D eigenvalue weighted by Gasteiger charge is 2.19. The van der Waals surface area contributed by atoms with Crippen molar-refractivity contribution in [3.8, 4) is 11.5 Å². The zero-order chi connectivity index (χ0) is 20.4. The quantitative estimate of drug-likeness (QED) is 0.689. The van der Waals surface area contributed by atoms with Gasteiger partial charge in [-0.2, -0.15) is 0 Å². The predicted molar refractivity (Wildman–Crippen MR) is 116 cm³/mol. The number of hydrogen-bond acceptors (Lipinski definition) is 4. The Morgan fingerprint density at radius 2 is 1.83 bits per heavy atom. The van der Waals surface area contributed by atoms with Crippen molar-refractivity contribution in [1.29, 1.82) is 0 Å². The van der Waals surface area contributed by atoms with E-state index in [0.29, 0.717) is 12.3 Å². The van der Waals surface area contributed by atoms with E-state index in [2.05, 4.69) is 4.72 Å². The topological polar surface area (TPSA) is 64.6 Å². The van der Waals surface area contributed by atoms with Crippen LogP contribution in [0.5, 0.6) is 11.5 Å². The van der Waals surface area contributed by atoms with Crippen LogP contribution in [0.2, 0.25) is 0 Å². The van der Waals surface area contributed by atoms with Crippen molar-refractivity contribution in [1.82, 2.24) is 0 Å². The second-order valence-corrected chi connectivity index (χ2v) is 8.61. The highest BCUT2D eigenvalue weighted by Crippen LogP contribution is 2.39. The minimum atomic E-state index is -3.34. The van der Waals surface area contributed by atoms with Crippen molar-refractivity contribution in [3.05, 3.63) is 89.0 Å². The second kappa shape index (κ2) is 7.64. The van der Waals surface area contributed by atoms with E-state index in [1.165, 1.54) is 0 Å². The van der Waals surface area contributed by atoms with Crippen molar-refractivity contribution >= 4 is 27.4 Å². The van der Waals surface area contributed by atoms with Gasteiger partial charge >= 0.3 is 0 Å². The van der Waals surface area contributed by atoms with Crippen LogP contribution in [0.1, 0.15) is 22.3 Å². The zero-order valence-corrected chi connectivity index (χ0v) is 17.0. The fourth-order valence-electron chi connectivity index (χ4n) is 3.42. The molecule has 6 heteroatoms. The van der Waals surface area contributed by atoms with Gasteiger partial charge in [0.05, 0.1) is 13.4 Å². The van der Waals surface area contributed by atoms with Crippen LogP contribution in [0, 0.1) is 0 Å². The van der Waals surface area contributed by atoms with Gasteiger partial charge in [0.2, 0.25) is 10.0 Å². The summed E-state index contributed by atoms with van der Waals surface area (Å²) < 4.78 is 37.1. The fraction of sp³-hybridized carbons (Fsp3) is 0.130. The van der Waals surface area contributed by atoms with Gasteiger partial charge in [0.15, 0.2) is 0 Å². The smallest absolute Gasteiger partial charge is 0.229 e. The summed E-state index contributed by atoms with van der Waals surface area (Å²) in [6.07, 6.45) is 3.19.